The van der Waals surface area contributed by atoms with Gasteiger partial charge in [-0.1, -0.05) is 93.7 Å². The number of hydroxylamine groups is 1. The van der Waals surface area contributed by atoms with Crippen molar-refractivity contribution in [3.63, 3.8) is 0 Å². The minimum atomic E-state index is -3.19. The lowest BCUT2D eigenvalue weighted by atomic mass is 10.1. The van der Waals surface area contributed by atoms with Gasteiger partial charge in [0.05, 0.1) is 78.1 Å². The Hall–Kier alpha value is -10.2. The molecule has 0 unspecified atom stereocenters. The van der Waals surface area contributed by atoms with E-state index in [-0.39, 0.29) is 64.8 Å². The number of aryl methyl sites for hydroxylation is 4. The number of carboxylic acid groups (broad SMARTS) is 1. The van der Waals surface area contributed by atoms with Crippen LogP contribution in [0.15, 0.2) is 189 Å². The predicted octanol–water partition coefficient (Wildman–Crippen LogP) is 20.1. The van der Waals surface area contributed by atoms with Gasteiger partial charge in [-0.25, -0.2) is 85.9 Å². The number of aromatic nitrogens is 14. The molecule has 14 rings (SSSR count). The number of pyridine rings is 4. The molecular weight excluding hydrogens is 2270 g/mol. The summed E-state index contributed by atoms with van der Waals surface area (Å²) in [5.74, 6) is -0.346. The number of aromatic carboxylic acids is 1. The summed E-state index contributed by atoms with van der Waals surface area (Å²) in [7, 11) is 1.31. The second-order valence-corrected chi connectivity index (χ2v) is 35.4. The zero-order valence-electron chi connectivity index (χ0n) is 68.1. The summed E-state index contributed by atoms with van der Waals surface area (Å²) in [6.45, 7) is 36.5. The van der Waals surface area contributed by atoms with Crippen LogP contribution in [0.3, 0.4) is 0 Å². The number of rotatable bonds is 15. The van der Waals surface area contributed by atoms with Crippen molar-refractivity contribution in [2.24, 2.45) is 5.73 Å². The van der Waals surface area contributed by atoms with Crippen molar-refractivity contribution in [2.45, 2.75) is 69.7 Å². The summed E-state index contributed by atoms with van der Waals surface area (Å²) in [6, 6.07) is 33.6. The summed E-state index contributed by atoms with van der Waals surface area (Å²) in [5.41, 5.74) is 18.2. The first kappa shape index (κ1) is 108. The summed E-state index contributed by atoms with van der Waals surface area (Å²) in [4.78, 5) is 117. The zero-order chi connectivity index (χ0) is 94.3. The van der Waals surface area contributed by atoms with Crippen LogP contribution in [0.1, 0.15) is 95.5 Å². The molecule has 0 aliphatic rings. The maximum absolute atomic E-state index is 13.1. The number of fused-ring (bicyclic) bond motifs is 2. The normalized spacial score (nSPS) is 10.3. The van der Waals surface area contributed by atoms with Gasteiger partial charge in [-0.15, -0.1) is 0 Å². The van der Waals surface area contributed by atoms with Gasteiger partial charge in [0.25, 0.3) is 5.91 Å². The van der Waals surface area contributed by atoms with Crippen LogP contribution in [0.5, 0.6) is 0 Å². The lowest BCUT2D eigenvalue weighted by molar-refractivity contribution is -0.191. The molecule has 0 saturated carbocycles. The highest BCUT2D eigenvalue weighted by Crippen LogP contribution is 2.34. The first-order chi connectivity index (χ1) is 60.2. The highest BCUT2D eigenvalue weighted by molar-refractivity contribution is 14.1. The van der Waals surface area contributed by atoms with Crippen LogP contribution in [0, 0.1) is 48.0 Å². The lowest BCUT2D eigenvalue weighted by Crippen LogP contribution is -2.23. The smallest absolute Gasteiger partial charge is 0.373 e. The van der Waals surface area contributed by atoms with Crippen molar-refractivity contribution in [3.8, 4) is 46.4 Å². The molecule has 0 bridgehead atoms. The van der Waals surface area contributed by atoms with Crippen molar-refractivity contribution in [1.29, 1.82) is 0 Å². The van der Waals surface area contributed by atoms with Gasteiger partial charge in [0.1, 0.15) is 35.5 Å². The third-order valence-corrected chi connectivity index (χ3v) is 20.1. The molecule has 10 heterocycles. The minimum Gasteiger partial charge on any atom is -0.478 e. The molecule has 670 valence electrons. The van der Waals surface area contributed by atoms with Crippen LogP contribution < -0.4 is 33.5 Å². The van der Waals surface area contributed by atoms with Crippen LogP contribution in [-0.4, -0.2) is 150 Å². The summed E-state index contributed by atoms with van der Waals surface area (Å²) in [5, 5.41) is 30.9. The van der Waals surface area contributed by atoms with Gasteiger partial charge in [0.15, 0.2) is 34.6 Å². The Labute approximate surface area is 818 Å². The number of benzene rings is 4. The number of hydrogen-bond donors (Lipinski definition) is 5. The van der Waals surface area contributed by atoms with Crippen LogP contribution in [0.25, 0.3) is 77.9 Å². The fourth-order valence-corrected chi connectivity index (χ4v) is 14.4. The number of nitrogens with zero attached hydrogens (tertiary/aromatic N) is 17. The van der Waals surface area contributed by atoms with Gasteiger partial charge in [-0.2, -0.15) is 35.5 Å². The molecule has 46 heteroatoms. The number of anilines is 2. The maximum Gasteiger partial charge on any atom is 0.373 e. The van der Waals surface area contributed by atoms with E-state index in [1.165, 1.54) is 58.1 Å². The molecule has 0 aliphatic heterocycles. The zero-order valence-corrected chi connectivity index (χ0v) is 83.4. The van der Waals surface area contributed by atoms with Gasteiger partial charge in [-0.3, -0.25) is 4.79 Å². The topological polar surface area (TPSA) is 446 Å². The van der Waals surface area contributed by atoms with Gasteiger partial charge in [0.2, 0.25) is 20.8 Å². The number of hydrogen-bond acceptors (Lipinski definition) is 26. The van der Waals surface area contributed by atoms with E-state index in [2.05, 4.69) is 216 Å². The molecule has 0 saturated heterocycles. The molecular formula is C82H76Br4Cl5I2N21O13S. The number of amides is 1. The molecule has 128 heavy (non-hydrogen) atoms. The molecule has 7 N–H and O–H groups in total. The quantitative estimate of drug-likeness (QED) is 0.0209. The number of carbonyl (C=O) groups excluding carboxylic acids is 4. The van der Waals surface area contributed by atoms with Gasteiger partial charge in [0, 0.05) is 79.2 Å². The van der Waals surface area contributed by atoms with Crippen LogP contribution in [0.2, 0.25) is 20.1 Å². The van der Waals surface area contributed by atoms with Gasteiger partial charge >= 0.3 is 29.3 Å². The first-order valence-electron chi connectivity index (χ1n) is 36.5. The molecule has 10 aromatic heterocycles. The number of halogens is 11. The Morgan fingerprint density at radius 1 is 0.594 bits per heavy atom. The van der Waals surface area contributed by atoms with Crippen molar-refractivity contribution in [3.05, 3.63) is 281 Å². The molecule has 0 atom stereocenters. The number of carboxylic acids is 1. The number of carbonyl (C=O) groups is 3. The summed E-state index contributed by atoms with van der Waals surface area (Å²) in [6.07, 6.45) is 9.36. The minimum absolute atomic E-state index is 0. The average Bonchev–Trinajstić information content (AvgIpc) is 1.60. The second kappa shape index (κ2) is 52.5. The molecule has 0 fully saturated rings. The van der Waals surface area contributed by atoms with E-state index in [9.17, 15) is 32.4 Å². The van der Waals surface area contributed by atoms with Crippen LogP contribution in [0.4, 0.5) is 22.7 Å². The van der Waals surface area contributed by atoms with Crippen molar-refractivity contribution >= 4 is 244 Å². The third kappa shape index (κ3) is 31.3. The Morgan fingerprint density at radius 2 is 0.992 bits per heavy atom. The van der Waals surface area contributed by atoms with Gasteiger partial charge < -0.3 is 40.5 Å². The van der Waals surface area contributed by atoms with Crippen molar-refractivity contribution < 1.29 is 51.2 Å². The molecule has 0 radical (unpaired) electrons. The average molecular weight is 2350 g/mol. The number of nitrogens with two attached hydrogens (primary N) is 2. The predicted molar refractivity (Wildman–Crippen MR) is 524 cm³/mol. The molecule has 0 spiro atoms. The van der Waals surface area contributed by atoms with E-state index in [1.54, 1.807) is 142 Å². The van der Waals surface area contributed by atoms with E-state index in [0.29, 0.717) is 108 Å². The fraction of sp³-hybridized carbons (Fsp3) is 0.195. The maximum atomic E-state index is 13.1. The highest BCUT2D eigenvalue weighted by Gasteiger charge is 2.26. The Balaban J connectivity index is 0.000000277. The van der Waals surface area contributed by atoms with E-state index >= 15 is 0 Å². The molecule has 4 aromatic carbocycles. The van der Waals surface area contributed by atoms with Gasteiger partial charge in [-0.05, 0) is 283 Å². The van der Waals surface area contributed by atoms with Crippen molar-refractivity contribution in [1.82, 2.24) is 79.4 Å². The number of nitrogens with one attached hydrogen (secondary N) is 2. The van der Waals surface area contributed by atoms with E-state index in [4.69, 9.17) is 99.4 Å². The van der Waals surface area contributed by atoms with Crippen molar-refractivity contribution in [2.75, 3.05) is 50.0 Å². The van der Waals surface area contributed by atoms with E-state index < -0.39 is 38.1 Å². The summed E-state index contributed by atoms with van der Waals surface area (Å²) >= 11 is 42.0. The third-order valence-electron chi connectivity index (χ3n) is 16.1. The largest absolute Gasteiger partial charge is 0.478 e. The van der Waals surface area contributed by atoms with Crippen LogP contribution >= 0.6 is 166 Å². The Bertz CT molecular complexity index is 6650. The lowest BCUT2D eigenvalue weighted by Gasteiger charge is -2.15. The molecule has 0 aliphatic carbocycles. The van der Waals surface area contributed by atoms with E-state index in [0.717, 1.165) is 35.7 Å². The second-order valence-electron chi connectivity index (χ2n) is 25.0. The molecule has 14 aromatic rings. The monoisotopic (exact) mass is 2340 g/mol. The SMILES string of the molecule is C.CCN.CCN(CC)CC.CS(=O)(=O)Cl.Cc1cc(I)cc(C(=O)O)c1N.Cc1cc(I)cc2c(=O)oc(-c3cc(Br)nn3-c3ncccc3Cl)nc12.Clc1cccnc1-n1ccc(Br)n1.O=C=O.[C-]#[N+]c1cc(C)c(NC(=O)c2cc(Br)nn2-c2ncccc2Cl)c(C(=O)ONCC)c1.[C-]#[N+]c1cc(C)c2nc(-c3cc(Br)nn3-c3ncccc3Cl)oc(=O)c2c1. The van der Waals surface area contributed by atoms with E-state index in [1.807, 2.05) is 32.0 Å². The Kier molecular flexibility index (Phi) is 44.4. The Morgan fingerprint density at radius 3 is 1.41 bits per heavy atom. The summed E-state index contributed by atoms with van der Waals surface area (Å²) < 4.78 is 39.6. The molecule has 34 nitrogen and oxygen atoms in total. The first-order valence-corrected chi connectivity index (χ1v) is 46.0. The number of nitrogen functional groups attached to an aromatic ring is 1. The van der Waals surface area contributed by atoms with Crippen LogP contribution in [-0.2, 0) is 23.5 Å². The molecule has 1 amide bonds. The highest BCUT2D eigenvalue weighted by atomic mass is 127. The fourth-order valence-electron chi connectivity index (χ4n) is 10.6. The standard InChI is InChI=1S/C20H16BrClN6O3.C18H9BrClN5O2.C17H9BrClIN4O2.C8H5BrClN3.C8H8INO2.C6H15N.C2H7N.CH3ClO2S.CO2.CH4/c1-4-25-31-20(30)13-9-12(23-3)8-11(2)17(13)26-19(29)15-10-16(21)27-28(15)18-14(22)6-5-7-24-18;1-9-6-10(21-2)7-11-15(9)23-17(27-18(11)26)13-8-14(19)24-25(13)16-12(20)4-3-5-22-16;1-8-5-9(20)6-10-14(8)22-16(26-17(10)25)12-7-13(18)23-24(12)15-11(19)3-2-4-21-15;9-7-3-5-13(12-7)8-6(10)2-1-4-11-8;1-4-2-5(9)3-6(7(4)10)8(11)12;1-4-7(5-2)6-3;1-2-3;1-5(2,3)4;2-1-3;/h5-10,25H,4H2,1-2H3,(H,26,29);3-8H,1H3;2-7H,1H3;1-5H;2-3H,10H2,1H3,(H,11,12);4-6H2,1-3H3;2-3H2,1H3;1H3;;1H4.